The molecule has 1 aromatic carbocycles. The van der Waals surface area contributed by atoms with Gasteiger partial charge in [-0.2, -0.15) is 0 Å². The van der Waals surface area contributed by atoms with Gasteiger partial charge in [0.25, 0.3) is 5.91 Å². The van der Waals surface area contributed by atoms with Crippen molar-refractivity contribution in [2.75, 3.05) is 6.61 Å². The largest absolute Gasteiger partial charge is 0.450 e. The quantitative estimate of drug-likeness (QED) is 0.828. The van der Waals surface area contributed by atoms with Crippen molar-refractivity contribution in [1.82, 2.24) is 5.32 Å². The minimum Gasteiger partial charge on any atom is -0.450 e. The molecule has 1 heterocycles. The van der Waals surface area contributed by atoms with Gasteiger partial charge in [0, 0.05) is 11.6 Å². The van der Waals surface area contributed by atoms with E-state index in [1.54, 1.807) is 24.3 Å². The highest BCUT2D eigenvalue weighted by Gasteiger charge is 2.27. The number of hydrogen-bond acceptors (Lipinski definition) is 5. The minimum atomic E-state index is -0.850. The molecule has 26 heavy (non-hydrogen) atoms. The molecular formula is C20H25NO5. The van der Waals surface area contributed by atoms with E-state index in [1.165, 1.54) is 0 Å². The zero-order valence-corrected chi connectivity index (χ0v) is 15.8. The molecule has 0 unspecified atom stereocenters. The van der Waals surface area contributed by atoms with Crippen molar-refractivity contribution in [1.29, 1.82) is 0 Å². The molecule has 6 heteroatoms. The number of benzene rings is 1. The number of rotatable bonds is 5. The summed E-state index contributed by atoms with van der Waals surface area (Å²) in [6.45, 7) is 9.65. The number of ether oxygens (including phenoxy) is 1. The maximum atomic E-state index is 12.1. The van der Waals surface area contributed by atoms with Crippen LogP contribution in [-0.4, -0.2) is 24.0 Å². The molecule has 2 rings (SSSR count). The molecule has 0 aliphatic carbocycles. The Hall–Kier alpha value is -2.63. The summed E-state index contributed by atoms with van der Waals surface area (Å²) in [5.74, 6) is -1.48. The van der Waals surface area contributed by atoms with E-state index in [-0.39, 0.29) is 16.6 Å². The normalized spacial score (nSPS) is 12.0. The molecule has 140 valence electrons. The van der Waals surface area contributed by atoms with Crippen LogP contribution in [-0.2, 0) is 9.53 Å². The molecular weight excluding hydrogens is 334 g/mol. The molecule has 0 fully saturated rings. The highest BCUT2D eigenvalue weighted by atomic mass is 16.5. The summed E-state index contributed by atoms with van der Waals surface area (Å²) in [7, 11) is 0. The maximum absolute atomic E-state index is 12.1. The Labute approximate surface area is 152 Å². The van der Waals surface area contributed by atoms with Crippen LogP contribution in [0.15, 0.2) is 39.5 Å². The Balaban J connectivity index is 2.00. The number of fused-ring (bicyclic) bond motifs is 1. The molecule has 1 amide bonds. The van der Waals surface area contributed by atoms with Crippen molar-refractivity contribution < 1.29 is 18.7 Å². The van der Waals surface area contributed by atoms with E-state index in [2.05, 4.69) is 26.1 Å². The molecule has 1 aromatic heterocycles. The number of carbonyl (C=O) groups is 2. The molecule has 0 spiro atoms. The van der Waals surface area contributed by atoms with Crippen molar-refractivity contribution in [2.24, 2.45) is 5.41 Å². The molecule has 0 aliphatic rings. The first-order valence-electron chi connectivity index (χ1n) is 8.48. The Morgan fingerprint density at radius 1 is 1.12 bits per heavy atom. The van der Waals surface area contributed by atoms with Gasteiger partial charge in [0.1, 0.15) is 5.58 Å². The number of para-hydroxylation sites is 1. The number of carbonyl (C=O) groups excluding carboxylic acids is 2. The fraction of sp³-hybridized carbons (Fsp3) is 0.450. The molecule has 6 nitrogen and oxygen atoms in total. The second-order valence-corrected chi connectivity index (χ2v) is 8.22. The number of esters is 1. The third-order valence-electron chi connectivity index (χ3n) is 3.62. The van der Waals surface area contributed by atoms with Crippen molar-refractivity contribution in [2.45, 2.75) is 46.6 Å². The molecule has 1 N–H and O–H groups in total. The second kappa shape index (κ2) is 7.32. The van der Waals surface area contributed by atoms with Gasteiger partial charge in [0.2, 0.25) is 5.76 Å². The number of nitrogens with one attached hydrogen (secondary N) is 1. The van der Waals surface area contributed by atoms with Gasteiger partial charge in [-0.25, -0.2) is 4.79 Å². The first kappa shape index (κ1) is 19.7. The second-order valence-electron chi connectivity index (χ2n) is 8.22. The van der Waals surface area contributed by atoms with E-state index in [0.29, 0.717) is 11.0 Å². The number of amides is 1. The molecule has 0 bridgehead atoms. The first-order valence-corrected chi connectivity index (χ1v) is 8.48. The van der Waals surface area contributed by atoms with Gasteiger partial charge in [-0.05, 0) is 37.8 Å². The maximum Gasteiger partial charge on any atom is 0.374 e. The van der Waals surface area contributed by atoms with Crippen LogP contribution in [0.2, 0.25) is 0 Å². The average molecular weight is 359 g/mol. The molecule has 0 radical (unpaired) electrons. The average Bonchev–Trinajstić information content (AvgIpc) is 2.49. The lowest BCUT2D eigenvalue weighted by Crippen LogP contribution is -2.47. The molecule has 0 atom stereocenters. The van der Waals surface area contributed by atoms with Crippen molar-refractivity contribution >= 4 is 22.8 Å². The van der Waals surface area contributed by atoms with Crippen molar-refractivity contribution in [3.63, 3.8) is 0 Å². The van der Waals surface area contributed by atoms with Crippen molar-refractivity contribution in [3.8, 4) is 0 Å². The Bertz CT molecular complexity index is 874. The third kappa shape index (κ3) is 5.44. The van der Waals surface area contributed by atoms with Gasteiger partial charge in [-0.3, -0.25) is 9.59 Å². The van der Waals surface area contributed by atoms with Crippen LogP contribution in [0.3, 0.4) is 0 Å². The lowest BCUT2D eigenvalue weighted by molar-refractivity contribution is -0.126. The SMILES string of the molecule is CC(C)(C)CC(C)(C)NC(=O)COC(=O)c1cc(=O)c2ccccc2o1. The van der Waals surface area contributed by atoms with E-state index in [4.69, 9.17) is 9.15 Å². The summed E-state index contributed by atoms with van der Waals surface area (Å²) in [5.41, 5.74) is -0.434. The van der Waals surface area contributed by atoms with E-state index in [1.807, 2.05) is 13.8 Å². The van der Waals surface area contributed by atoms with Crippen LogP contribution in [0.4, 0.5) is 0 Å². The van der Waals surface area contributed by atoms with Crippen LogP contribution in [0, 0.1) is 5.41 Å². The summed E-state index contributed by atoms with van der Waals surface area (Å²) in [5, 5.41) is 3.23. The van der Waals surface area contributed by atoms with Gasteiger partial charge < -0.3 is 14.5 Å². The first-order chi connectivity index (χ1) is 12.0. The lowest BCUT2D eigenvalue weighted by atomic mass is 9.82. The summed E-state index contributed by atoms with van der Waals surface area (Å²) < 4.78 is 10.4. The summed E-state index contributed by atoms with van der Waals surface area (Å²) in [4.78, 5) is 36.2. The smallest absolute Gasteiger partial charge is 0.374 e. The van der Waals surface area contributed by atoms with E-state index in [0.717, 1.165) is 12.5 Å². The van der Waals surface area contributed by atoms with Gasteiger partial charge in [0.05, 0.1) is 5.39 Å². The van der Waals surface area contributed by atoms with E-state index < -0.39 is 24.0 Å². The van der Waals surface area contributed by atoms with Crippen LogP contribution < -0.4 is 10.7 Å². The Morgan fingerprint density at radius 2 is 1.77 bits per heavy atom. The predicted octanol–water partition coefficient (Wildman–Crippen LogP) is 3.28. The highest BCUT2D eigenvalue weighted by molar-refractivity contribution is 5.90. The molecule has 0 aliphatic heterocycles. The Morgan fingerprint density at radius 3 is 2.42 bits per heavy atom. The van der Waals surface area contributed by atoms with Crippen LogP contribution >= 0.6 is 0 Å². The summed E-state index contributed by atoms with van der Waals surface area (Å²) in [6, 6.07) is 7.69. The van der Waals surface area contributed by atoms with Gasteiger partial charge in [-0.15, -0.1) is 0 Å². The summed E-state index contributed by atoms with van der Waals surface area (Å²) in [6.07, 6.45) is 0.763. The van der Waals surface area contributed by atoms with Crippen LogP contribution in [0.5, 0.6) is 0 Å². The van der Waals surface area contributed by atoms with Crippen LogP contribution in [0.25, 0.3) is 11.0 Å². The fourth-order valence-corrected chi connectivity index (χ4v) is 3.19. The van der Waals surface area contributed by atoms with Crippen LogP contribution in [0.1, 0.15) is 51.6 Å². The fourth-order valence-electron chi connectivity index (χ4n) is 3.19. The van der Waals surface area contributed by atoms with Crippen molar-refractivity contribution in [3.05, 3.63) is 46.3 Å². The number of hydrogen-bond donors (Lipinski definition) is 1. The van der Waals surface area contributed by atoms with Gasteiger partial charge in [0.15, 0.2) is 12.0 Å². The minimum absolute atomic E-state index is 0.0436. The van der Waals surface area contributed by atoms with Gasteiger partial charge in [-0.1, -0.05) is 32.9 Å². The lowest BCUT2D eigenvalue weighted by Gasteiger charge is -2.33. The predicted molar refractivity (Wildman–Crippen MR) is 99.1 cm³/mol. The Kier molecular flexibility index (Phi) is 5.54. The topological polar surface area (TPSA) is 85.6 Å². The standard InChI is InChI=1S/C20H25NO5/c1-19(2,3)12-20(4,5)21-17(23)11-25-18(24)16-10-14(22)13-8-6-7-9-15(13)26-16/h6-10H,11-12H2,1-5H3,(H,21,23). The summed E-state index contributed by atoms with van der Waals surface area (Å²) >= 11 is 0. The van der Waals surface area contributed by atoms with E-state index in [9.17, 15) is 14.4 Å². The molecule has 0 saturated heterocycles. The van der Waals surface area contributed by atoms with Gasteiger partial charge >= 0.3 is 5.97 Å². The highest BCUT2D eigenvalue weighted by Crippen LogP contribution is 2.26. The zero-order valence-electron chi connectivity index (χ0n) is 15.8. The zero-order chi connectivity index (χ0) is 19.5. The monoisotopic (exact) mass is 359 g/mol. The van der Waals surface area contributed by atoms with E-state index >= 15 is 0 Å². The third-order valence-corrected chi connectivity index (χ3v) is 3.62. The molecule has 2 aromatic rings. The molecule has 0 saturated carbocycles.